The fourth-order valence-electron chi connectivity index (χ4n) is 2.18. The summed E-state index contributed by atoms with van der Waals surface area (Å²) in [5.41, 5.74) is 1.25. The summed E-state index contributed by atoms with van der Waals surface area (Å²) in [4.78, 5) is 3.52. The summed E-state index contributed by atoms with van der Waals surface area (Å²) in [5.74, 6) is 0. The quantitative estimate of drug-likeness (QED) is 0.233. The average molecular weight is 697 g/mol. The van der Waals surface area contributed by atoms with E-state index in [0.717, 1.165) is 0 Å². The molecule has 0 radical (unpaired) electrons. The van der Waals surface area contributed by atoms with E-state index in [1.165, 1.54) is 25.1 Å². The molecular weight excluding hydrogens is 679 g/mol. The van der Waals surface area contributed by atoms with Crippen molar-refractivity contribution in [2.75, 3.05) is 5.38 Å². The maximum absolute atomic E-state index is 3.52. The van der Waals surface area contributed by atoms with Crippen molar-refractivity contribution in [2.24, 2.45) is 0 Å². The molecule has 0 spiro atoms. The molecule has 0 saturated carbocycles. The molecule has 0 bridgehead atoms. The summed E-state index contributed by atoms with van der Waals surface area (Å²) in [6.07, 6.45) is 0. The molecule has 0 atom stereocenters. The molecule has 0 unspecified atom stereocenters. The molecule has 0 amide bonds. The number of thiazole rings is 1. The Bertz CT molecular complexity index is 701. The van der Waals surface area contributed by atoms with Crippen LogP contribution in [-0.2, 0) is 0 Å². The summed E-state index contributed by atoms with van der Waals surface area (Å²) < 4.78 is 2.66. The van der Waals surface area contributed by atoms with E-state index in [0.29, 0.717) is 13.3 Å². The van der Waals surface area contributed by atoms with Gasteiger partial charge in [-0.05, 0) is 17.8 Å². The maximum atomic E-state index is 3.52. The van der Waals surface area contributed by atoms with Crippen LogP contribution in [0.4, 0.5) is 0 Å². The number of nitrogens with one attached hydrogen (secondary N) is 1. The van der Waals surface area contributed by atoms with Gasteiger partial charge in [-0.15, -0.1) is 0 Å². The van der Waals surface area contributed by atoms with Crippen molar-refractivity contribution >= 4 is 83.8 Å². The van der Waals surface area contributed by atoms with Crippen LogP contribution in [0.25, 0.3) is 10.2 Å². The van der Waals surface area contributed by atoms with E-state index in [-0.39, 0.29) is 0 Å². The van der Waals surface area contributed by atoms with Gasteiger partial charge in [0, 0.05) is 11.4 Å². The Morgan fingerprint density at radius 2 is 1.65 bits per heavy atom. The zero-order valence-corrected chi connectivity index (χ0v) is 22.0. The number of rotatable bonds is 4. The molecule has 0 aliphatic heterocycles. The average Bonchev–Trinajstić information content (AvgIpc) is 2.98. The SMILES string of the molecule is C[Si](C)(CSc1[nH+]c2ccccc2s1)c1ccccc1.I[I-]I. The van der Waals surface area contributed by atoms with Crippen molar-refractivity contribution in [1.82, 2.24) is 0 Å². The molecule has 1 nitrogen and oxygen atoms in total. The van der Waals surface area contributed by atoms with Crippen molar-refractivity contribution in [3.8, 4) is 0 Å². The number of fused-ring (bicyclic) bond motifs is 1. The van der Waals surface area contributed by atoms with E-state index in [1.807, 2.05) is 23.1 Å². The standard InChI is InChI=1S/C16H17NS2Si.I3/c1-20(2,13-8-4-3-5-9-13)12-18-16-17-14-10-6-7-11-15(14)19-16;1-3-2/h3-11H,12H2,1-2H3;/q;-1/p+1. The number of aromatic nitrogens is 1. The summed E-state index contributed by atoms with van der Waals surface area (Å²) in [6, 6.07) is 19.5. The van der Waals surface area contributed by atoms with Crippen LogP contribution >= 0.6 is 60.3 Å². The number of H-pyrrole nitrogens is 1. The van der Waals surface area contributed by atoms with Gasteiger partial charge in [0.2, 0.25) is 5.52 Å². The second-order valence-electron chi connectivity index (χ2n) is 5.60. The predicted molar refractivity (Wildman–Crippen MR) is 121 cm³/mol. The van der Waals surface area contributed by atoms with Crippen LogP contribution in [-0.4, -0.2) is 13.5 Å². The van der Waals surface area contributed by atoms with E-state index in [1.54, 1.807) is 0 Å². The summed E-state index contributed by atoms with van der Waals surface area (Å²) in [6.45, 7) is 4.89. The molecule has 0 fully saturated rings. The fourth-order valence-corrected chi connectivity index (χ4v) is 7.86. The van der Waals surface area contributed by atoms with Crippen LogP contribution in [0.15, 0.2) is 58.9 Å². The number of aromatic amines is 1. The van der Waals surface area contributed by atoms with E-state index in [2.05, 4.69) is 110 Å². The van der Waals surface area contributed by atoms with Gasteiger partial charge in [-0.3, -0.25) is 0 Å². The van der Waals surface area contributed by atoms with E-state index in [9.17, 15) is 0 Å². The molecule has 7 heteroatoms. The molecule has 23 heavy (non-hydrogen) atoms. The van der Waals surface area contributed by atoms with Crippen LogP contribution in [0.5, 0.6) is 0 Å². The molecule has 3 aromatic rings. The number of hydrogen-bond donors (Lipinski definition) is 0. The molecule has 1 N–H and O–H groups in total. The molecule has 124 valence electrons. The third-order valence-electron chi connectivity index (χ3n) is 3.45. The van der Waals surface area contributed by atoms with Crippen molar-refractivity contribution in [2.45, 2.75) is 17.4 Å². The van der Waals surface area contributed by atoms with Crippen molar-refractivity contribution < 1.29 is 18.2 Å². The van der Waals surface area contributed by atoms with Gasteiger partial charge >= 0.3 is 50.5 Å². The first kappa shape index (κ1) is 20.4. The van der Waals surface area contributed by atoms with E-state index >= 15 is 0 Å². The van der Waals surface area contributed by atoms with Gasteiger partial charge in [0.05, 0.1) is 8.07 Å². The van der Waals surface area contributed by atoms with Crippen molar-refractivity contribution in [3.05, 3.63) is 54.6 Å². The first-order chi connectivity index (χ1) is 11.1. The minimum atomic E-state index is -1.36. The normalized spacial score (nSPS) is 11.3. The zero-order valence-electron chi connectivity index (χ0n) is 12.9. The second kappa shape index (κ2) is 10.3. The summed E-state index contributed by atoms with van der Waals surface area (Å²) >= 11 is 9.14. The molecule has 3 rings (SSSR count). The van der Waals surface area contributed by atoms with Gasteiger partial charge in [-0.25, -0.2) is 0 Å². The molecule has 1 heterocycles. The van der Waals surface area contributed by atoms with Gasteiger partial charge in [0.1, 0.15) is 4.70 Å². The molecule has 0 saturated heterocycles. The van der Waals surface area contributed by atoms with Crippen LogP contribution in [0.2, 0.25) is 13.1 Å². The fraction of sp³-hybridized carbons (Fsp3) is 0.188. The molecular formula is C16H18I3NS2Si. The number of hydrogen-bond acceptors (Lipinski definition) is 2. The van der Waals surface area contributed by atoms with Gasteiger partial charge in [-0.2, -0.15) is 4.98 Å². The third-order valence-corrected chi connectivity index (χ3v) is 10.6. The molecule has 1 aromatic heterocycles. The van der Waals surface area contributed by atoms with Gasteiger partial charge in [0.25, 0.3) is 4.34 Å². The monoisotopic (exact) mass is 697 g/mol. The second-order valence-corrected chi connectivity index (χ2v) is 29.4. The Balaban J connectivity index is 0.000000595. The van der Waals surface area contributed by atoms with Crippen LogP contribution in [0.3, 0.4) is 0 Å². The van der Waals surface area contributed by atoms with Crippen molar-refractivity contribution in [1.29, 1.82) is 0 Å². The Kier molecular flexibility index (Phi) is 9.12. The molecule has 0 aliphatic rings. The Hall–Kier alpha value is 1.09. The Morgan fingerprint density at radius 1 is 1.04 bits per heavy atom. The zero-order chi connectivity index (χ0) is 16.7. The summed E-state index contributed by atoms with van der Waals surface area (Å²) in [7, 11) is -1.36. The first-order valence-corrected chi connectivity index (χ1v) is 24.6. The van der Waals surface area contributed by atoms with Gasteiger partial charge in [-0.1, -0.05) is 72.1 Å². The number of para-hydroxylation sites is 1. The number of benzene rings is 2. The Morgan fingerprint density at radius 3 is 2.30 bits per heavy atom. The number of halogens is 3. The van der Waals surface area contributed by atoms with Crippen LogP contribution in [0, 0.1) is 0 Å². The first-order valence-electron chi connectivity index (χ1n) is 7.03. The van der Waals surface area contributed by atoms with Gasteiger partial charge < -0.3 is 0 Å². The van der Waals surface area contributed by atoms with Gasteiger partial charge in [0.15, 0.2) is 0 Å². The van der Waals surface area contributed by atoms with Crippen LogP contribution in [0.1, 0.15) is 0 Å². The van der Waals surface area contributed by atoms with Crippen molar-refractivity contribution in [3.63, 3.8) is 0 Å². The Labute approximate surface area is 177 Å². The predicted octanol–water partition coefficient (Wildman–Crippen LogP) is 2.74. The summed E-state index contributed by atoms with van der Waals surface area (Å²) in [5, 5.41) is 2.74. The number of thioether (sulfide) groups is 1. The topological polar surface area (TPSA) is 14.1 Å². The van der Waals surface area contributed by atoms with E-state index < -0.39 is 8.07 Å². The minimum absolute atomic E-state index is 0.530. The molecule has 2 aromatic carbocycles. The van der Waals surface area contributed by atoms with Crippen LogP contribution < -0.4 is 23.4 Å². The molecule has 0 aliphatic carbocycles. The van der Waals surface area contributed by atoms with E-state index in [4.69, 9.17) is 0 Å². The third kappa shape index (κ3) is 6.39.